The van der Waals surface area contributed by atoms with Crippen molar-refractivity contribution in [1.29, 1.82) is 0 Å². The molecular weight excluding hydrogens is 192 g/mol. The van der Waals surface area contributed by atoms with Gasteiger partial charge in [0.05, 0.1) is 0 Å². The molecular formula is C16H24. The zero-order valence-electron chi connectivity index (χ0n) is 11.2. The van der Waals surface area contributed by atoms with Crippen LogP contribution in [0.5, 0.6) is 0 Å². The second kappa shape index (κ2) is 5.89. The lowest BCUT2D eigenvalue weighted by Gasteiger charge is -2.18. The number of rotatable bonds is 4. The Labute approximate surface area is 100 Å². The minimum absolute atomic E-state index is 0.544. The van der Waals surface area contributed by atoms with Gasteiger partial charge in [0.1, 0.15) is 0 Å². The van der Waals surface area contributed by atoms with Crippen LogP contribution in [0, 0.1) is 18.8 Å². The predicted molar refractivity (Wildman–Crippen MR) is 72.7 cm³/mol. The van der Waals surface area contributed by atoms with Gasteiger partial charge in [-0.15, -0.1) is 0 Å². The van der Waals surface area contributed by atoms with Crippen LogP contribution in [0.25, 0.3) is 0 Å². The van der Waals surface area contributed by atoms with Crippen molar-refractivity contribution >= 4 is 0 Å². The molecule has 0 bridgehead atoms. The third-order valence-corrected chi connectivity index (χ3v) is 2.88. The Morgan fingerprint density at radius 1 is 0.875 bits per heavy atom. The van der Waals surface area contributed by atoms with Crippen molar-refractivity contribution in [2.45, 2.75) is 40.5 Å². The Bertz CT molecular complexity index is 328. The summed E-state index contributed by atoms with van der Waals surface area (Å²) >= 11 is 0. The van der Waals surface area contributed by atoms with Crippen molar-refractivity contribution in [3.05, 3.63) is 47.5 Å². The van der Waals surface area contributed by atoms with Crippen LogP contribution in [0.15, 0.2) is 36.4 Å². The summed E-state index contributed by atoms with van der Waals surface area (Å²) in [6.45, 7) is 11.2. The quantitative estimate of drug-likeness (QED) is 0.625. The fourth-order valence-electron chi connectivity index (χ4n) is 1.85. The van der Waals surface area contributed by atoms with E-state index < -0.39 is 0 Å². The summed E-state index contributed by atoms with van der Waals surface area (Å²) in [5.41, 5.74) is 2.76. The smallest absolute Gasteiger partial charge is 0.00411 e. The van der Waals surface area contributed by atoms with E-state index in [0.29, 0.717) is 17.8 Å². The Morgan fingerprint density at radius 2 is 1.44 bits per heavy atom. The standard InChI is InChI=1S/C16H24/c1-12(2)6-11-16(13(3)4)15-9-7-14(5)8-10-15/h6-13,16H,1-5H3. The molecule has 1 unspecified atom stereocenters. The fraction of sp³-hybridized carbons (Fsp3) is 0.500. The third-order valence-electron chi connectivity index (χ3n) is 2.88. The van der Waals surface area contributed by atoms with Crippen molar-refractivity contribution in [3.63, 3.8) is 0 Å². The molecule has 0 amide bonds. The lowest BCUT2D eigenvalue weighted by Crippen LogP contribution is -2.04. The monoisotopic (exact) mass is 216 g/mol. The summed E-state index contributed by atoms with van der Waals surface area (Å²) in [7, 11) is 0. The molecule has 0 N–H and O–H groups in total. The SMILES string of the molecule is Cc1ccc(C(C=CC(C)C)C(C)C)cc1. The van der Waals surface area contributed by atoms with Gasteiger partial charge in [0.25, 0.3) is 0 Å². The minimum atomic E-state index is 0.544. The molecule has 0 nitrogen and oxygen atoms in total. The van der Waals surface area contributed by atoms with Crippen LogP contribution in [-0.2, 0) is 0 Å². The molecule has 0 aliphatic heterocycles. The van der Waals surface area contributed by atoms with Gasteiger partial charge in [0.15, 0.2) is 0 Å². The van der Waals surface area contributed by atoms with Gasteiger partial charge in [-0.25, -0.2) is 0 Å². The van der Waals surface area contributed by atoms with E-state index in [1.54, 1.807) is 0 Å². The van der Waals surface area contributed by atoms with Crippen molar-refractivity contribution in [3.8, 4) is 0 Å². The molecule has 0 saturated carbocycles. The summed E-state index contributed by atoms with van der Waals surface area (Å²) in [6.07, 6.45) is 4.67. The van der Waals surface area contributed by atoms with Gasteiger partial charge in [-0.1, -0.05) is 69.7 Å². The van der Waals surface area contributed by atoms with Gasteiger partial charge in [-0.3, -0.25) is 0 Å². The van der Waals surface area contributed by atoms with Gasteiger partial charge >= 0.3 is 0 Å². The summed E-state index contributed by atoms with van der Waals surface area (Å²) in [5, 5.41) is 0. The van der Waals surface area contributed by atoms with E-state index in [-0.39, 0.29) is 0 Å². The Morgan fingerprint density at radius 3 is 1.88 bits per heavy atom. The van der Waals surface area contributed by atoms with Gasteiger partial charge < -0.3 is 0 Å². The van der Waals surface area contributed by atoms with Crippen LogP contribution in [0.3, 0.4) is 0 Å². The molecule has 0 heterocycles. The molecule has 88 valence electrons. The summed E-state index contributed by atoms with van der Waals surface area (Å²) < 4.78 is 0. The van der Waals surface area contributed by atoms with Crippen molar-refractivity contribution in [2.24, 2.45) is 11.8 Å². The van der Waals surface area contributed by atoms with E-state index in [1.807, 2.05) is 0 Å². The van der Waals surface area contributed by atoms with Gasteiger partial charge in [0.2, 0.25) is 0 Å². The molecule has 0 aliphatic carbocycles. The average Bonchev–Trinajstić information content (AvgIpc) is 2.20. The predicted octanol–water partition coefficient (Wildman–Crippen LogP) is 4.95. The van der Waals surface area contributed by atoms with E-state index in [0.717, 1.165) is 0 Å². The molecule has 1 aromatic carbocycles. The van der Waals surface area contributed by atoms with Crippen LogP contribution in [0.2, 0.25) is 0 Å². The first-order chi connectivity index (χ1) is 7.50. The van der Waals surface area contributed by atoms with Gasteiger partial charge in [0, 0.05) is 5.92 Å². The molecule has 0 spiro atoms. The number of aryl methyl sites for hydroxylation is 1. The Balaban J connectivity index is 2.89. The maximum atomic E-state index is 2.36. The van der Waals surface area contributed by atoms with Gasteiger partial charge in [-0.2, -0.15) is 0 Å². The van der Waals surface area contributed by atoms with Crippen LogP contribution >= 0.6 is 0 Å². The topological polar surface area (TPSA) is 0 Å². The highest BCUT2D eigenvalue weighted by molar-refractivity contribution is 5.28. The second-order valence-corrected chi connectivity index (χ2v) is 5.31. The summed E-state index contributed by atoms with van der Waals surface area (Å²) in [6, 6.07) is 8.91. The first-order valence-corrected chi connectivity index (χ1v) is 6.25. The first-order valence-electron chi connectivity index (χ1n) is 6.25. The van der Waals surface area contributed by atoms with Crippen LogP contribution < -0.4 is 0 Å². The molecule has 0 aliphatic rings. The van der Waals surface area contributed by atoms with Crippen molar-refractivity contribution in [1.82, 2.24) is 0 Å². The molecule has 0 radical (unpaired) electrons. The van der Waals surface area contributed by atoms with E-state index in [2.05, 4.69) is 71.0 Å². The summed E-state index contributed by atoms with van der Waals surface area (Å²) in [5.74, 6) is 1.83. The first kappa shape index (κ1) is 13.0. The molecule has 0 saturated heterocycles. The fourth-order valence-corrected chi connectivity index (χ4v) is 1.85. The normalized spacial score (nSPS) is 13.9. The molecule has 1 rings (SSSR count). The second-order valence-electron chi connectivity index (χ2n) is 5.31. The Kier molecular flexibility index (Phi) is 4.79. The average molecular weight is 216 g/mol. The number of hydrogen-bond acceptors (Lipinski definition) is 0. The van der Waals surface area contributed by atoms with Crippen LogP contribution in [0.1, 0.15) is 44.7 Å². The third kappa shape index (κ3) is 3.84. The van der Waals surface area contributed by atoms with Crippen LogP contribution in [0.4, 0.5) is 0 Å². The molecule has 0 aromatic heterocycles. The van der Waals surface area contributed by atoms with E-state index in [9.17, 15) is 0 Å². The highest BCUT2D eigenvalue weighted by Gasteiger charge is 2.12. The van der Waals surface area contributed by atoms with Crippen molar-refractivity contribution < 1.29 is 0 Å². The van der Waals surface area contributed by atoms with E-state index in [4.69, 9.17) is 0 Å². The van der Waals surface area contributed by atoms with Crippen molar-refractivity contribution in [2.75, 3.05) is 0 Å². The molecule has 1 atom stereocenters. The van der Waals surface area contributed by atoms with E-state index in [1.165, 1.54) is 11.1 Å². The highest BCUT2D eigenvalue weighted by atomic mass is 14.2. The Hall–Kier alpha value is -1.04. The lowest BCUT2D eigenvalue weighted by atomic mass is 9.87. The molecule has 16 heavy (non-hydrogen) atoms. The maximum Gasteiger partial charge on any atom is 0.00411 e. The number of hydrogen-bond donors (Lipinski definition) is 0. The number of benzene rings is 1. The van der Waals surface area contributed by atoms with E-state index >= 15 is 0 Å². The minimum Gasteiger partial charge on any atom is -0.0853 e. The highest BCUT2D eigenvalue weighted by Crippen LogP contribution is 2.26. The molecule has 0 heteroatoms. The zero-order chi connectivity index (χ0) is 12.1. The summed E-state index contributed by atoms with van der Waals surface area (Å²) in [4.78, 5) is 0. The van der Waals surface area contributed by atoms with Crippen LogP contribution in [-0.4, -0.2) is 0 Å². The number of allylic oxidation sites excluding steroid dienone is 2. The lowest BCUT2D eigenvalue weighted by molar-refractivity contribution is 0.574. The maximum absolute atomic E-state index is 2.36. The zero-order valence-corrected chi connectivity index (χ0v) is 11.2. The van der Waals surface area contributed by atoms with Gasteiger partial charge in [-0.05, 0) is 24.3 Å². The molecule has 1 aromatic rings. The largest absolute Gasteiger partial charge is 0.0853 e. The molecule has 0 fully saturated rings.